The van der Waals surface area contributed by atoms with Gasteiger partial charge >= 0.3 is 0 Å². The van der Waals surface area contributed by atoms with E-state index in [9.17, 15) is 9.59 Å². The van der Waals surface area contributed by atoms with E-state index in [4.69, 9.17) is 9.47 Å². The van der Waals surface area contributed by atoms with Crippen LogP contribution >= 0.6 is 15.9 Å². The van der Waals surface area contributed by atoms with Gasteiger partial charge in [0.2, 0.25) is 5.91 Å². The number of para-hydroxylation sites is 2. The first-order valence-corrected chi connectivity index (χ1v) is 10.7. The fraction of sp³-hybridized carbons (Fsp3) is 0.364. The summed E-state index contributed by atoms with van der Waals surface area (Å²) in [5.74, 6) is 0.382. The number of amides is 2. The fourth-order valence-electron chi connectivity index (χ4n) is 3.66. The van der Waals surface area contributed by atoms with Crippen LogP contribution in [0.4, 0.5) is 11.4 Å². The molecule has 7 nitrogen and oxygen atoms in total. The molecule has 2 aromatic rings. The van der Waals surface area contributed by atoms with Gasteiger partial charge in [0.15, 0.2) is 6.10 Å². The number of rotatable bonds is 4. The zero-order valence-corrected chi connectivity index (χ0v) is 18.4. The van der Waals surface area contributed by atoms with E-state index in [0.717, 1.165) is 15.7 Å². The second-order valence-corrected chi connectivity index (χ2v) is 8.28. The minimum absolute atomic E-state index is 0.0699. The molecule has 2 aromatic carbocycles. The zero-order chi connectivity index (χ0) is 21.1. The van der Waals surface area contributed by atoms with E-state index >= 15 is 0 Å². The highest BCUT2D eigenvalue weighted by Crippen LogP contribution is 2.33. The Balaban J connectivity index is 1.49. The van der Waals surface area contributed by atoms with Gasteiger partial charge in [-0.05, 0) is 52.7 Å². The molecular weight excluding hydrogens is 450 g/mol. The zero-order valence-electron chi connectivity index (χ0n) is 16.8. The van der Waals surface area contributed by atoms with Gasteiger partial charge in [0, 0.05) is 17.6 Å². The standard InChI is InChI=1S/C22H24BrN3O4/c1-15-6-7-17(16(23)12-15)24-21(27)14-26-13-20(22(28)25-8-10-29-11-9-25)30-19-5-3-2-4-18(19)26/h2-7,12,20H,8-11,13-14H2,1H3,(H,24,27). The molecule has 1 unspecified atom stereocenters. The second-order valence-electron chi connectivity index (χ2n) is 7.42. The van der Waals surface area contributed by atoms with Crippen molar-refractivity contribution in [1.82, 2.24) is 4.90 Å². The Morgan fingerprint density at radius 3 is 2.70 bits per heavy atom. The Bertz CT molecular complexity index is 946. The molecule has 1 fully saturated rings. The minimum atomic E-state index is -0.656. The van der Waals surface area contributed by atoms with Crippen LogP contribution in [0.25, 0.3) is 0 Å². The molecule has 2 heterocycles. The summed E-state index contributed by atoms with van der Waals surface area (Å²) in [7, 11) is 0. The van der Waals surface area contributed by atoms with E-state index in [1.54, 1.807) is 4.90 Å². The van der Waals surface area contributed by atoms with Crippen LogP contribution in [0, 0.1) is 6.92 Å². The summed E-state index contributed by atoms with van der Waals surface area (Å²) in [6.07, 6.45) is -0.656. The average Bonchev–Trinajstić information content (AvgIpc) is 2.75. The Kier molecular flexibility index (Phi) is 6.24. The number of ether oxygens (including phenoxy) is 2. The molecule has 0 saturated carbocycles. The number of carbonyl (C=O) groups is 2. The lowest BCUT2D eigenvalue weighted by atomic mass is 10.1. The fourth-order valence-corrected chi connectivity index (χ4v) is 4.25. The molecule has 2 aliphatic heterocycles. The van der Waals surface area contributed by atoms with Crippen molar-refractivity contribution in [2.75, 3.05) is 49.6 Å². The third-order valence-corrected chi connectivity index (χ3v) is 5.85. The first-order valence-electron chi connectivity index (χ1n) is 9.94. The lowest BCUT2D eigenvalue weighted by molar-refractivity contribution is -0.142. The van der Waals surface area contributed by atoms with Crippen LogP contribution < -0.4 is 15.0 Å². The van der Waals surface area contributed by atoms with E-state index in [-0.39, 0.29) is 18.4 Å². The molecule has 2 amide bonds. The SMILES string of the molecule is Cc1ccc(NC(=O)CN2CC(C(=O)N3CCOCC3)Oc3ccccc32)c(Br)c1. The summed E-state index contributed by atoms with van der Waals surface area (Å²) in [5, 5.41) is 2.94. The lowest BCUT2D eigenvalue weighted by Gasteiger charge is -2.38. The highest BCUT2D eigenvalue weighted by molar-refractivity contribution is 9.10. The summed E-state index contributed by atoms with van der Waals surface area (Å²) < 4.78 is 12.2. The molecular formula is C22H24BrN3O4. The monoisotopic (exact) mass is 473 g/mol. The van der Waals surface area contributed by atoms with Gasteiger partial charge in [0.25, 0.3) is 5.91 Å². The summed E-state index contributed by atoms with van der Waals surface area (Å²) in [5.41, 5.74) is 2.63. The largest absolute Gasteiger partial charge is 0.477 e. The first kappa shape index (κ1) is 20.7. The number of nitrogens with one attached hydrogen (secondary N) is 1. The minimum Gasteiger partial charge on any atom is -0.477 e. The van der Waals surface area contributed by atoms with Crippen molar-refractivity contribution in [3.05, 3.63) is 52.5 Å². The van der Waals surface area contributed by atoms with Gasteiger partial charge in [-0.1, -0.05) is 18.2 Å². The van der Waals surface area contributed by atoms with Crippen molar-refractivity contribution in [2.45, 2.75) is 13.0 Å². The van der Waals surface area contributed by atoms with E-state index in [0.29, 0.717) is 44.3 Å². The summed E-state index contributed by atoms with van der Waals surface area (Å²) in [4.78, 5) is 29.4. The van der Waals surface area contributed by atoms with Crippen LogP contribution in [0.3, 0.4) is 0 Å². The third-order valence-electron chi connectivity index (χ3n) is 5.19. The maximum absolute atomic E-state index is 13.0. The number of nitrogens with zero attached hydrogens (tertiary/aromatic N) is 2. The Hall–Kier alpha value is -2.58. The Morgan fingerprint density at radius 1 is 1.17 bits per heavy atom. The quantitative estimate of drug-likeness (QED) is 0.738. The molecule has 30 heavy (non-hydrogen) atoms. The van der Waals surface area contributed by atoms with Gasteiger partial charge in [-0.15, -0.1) is 0 Å². The van der Waals surface area contributed by atoms with Gasteiger partial charge in [-0.25, -0.2) is 0 Å². The van der Waals surface area contributed by atoms with Crippen LogP contribution in [0.5, 0.6) is 5.75 Å². The van der Waals surface area contributed by atoms with Crippen molar-refractivity contribution in [1.29, 1.82) is 0 Å². The number of aryl methyl sites for hydroxylation is 1. The molecule has 158 valence electrons. The molecule has 1 saturated heterocycles. The van der Waals surface area contributed by atoms with E-state index < -0.39 is 6.10 Å². The van der Waals surface area contributed by atoms with Crippen molar-refractivity contribution >= 4 is 39.1 Å². The smallest absolute Gasteiger partial charge is 0.265 e. The predicted molar refractivity (Wildman–Crippen MR) is 118 cm³/mol. The molecule has 8 heteroatoms. The summed E-state index contributed by atoms with van der Waals surface area (Å²) >= 11 is 3.49. The molecule has 2 aliphatic rings. The molecule has 0 bridgehead atoms. The van der Waals surface area contributed by atoms with Gasteiger partial charge in [0.1, 0.15) is 5.75 Å². The number of benzene rings is 2. The van der Waals surface area contributed by atoms with E-state index in [1.165, 1.54) is 0 Å². The molecule has 0 aliphatic carbocycles. The molecule has 0 aromatic heterocycles. The number of morpholine rings is 1. The van der Waals surface area contributed by atoms with Gasteiger partial charge < -0.3 is 24.6 Å². The number of hydrogen-bond acceptors (Lipinski definition) is 5. The summed E-state index contributed by atoms with van der Waals surface area (Å²) in [6.45, 7) is 4.61. The van der Waals surface area contributed by atoms with Crippen molar-refractivity contribution in [2.24, 2.45) is 0 Å². The van der Waals surface area contributed by atoms with Gasteiger partial charge in [0.05, 0.1) is 37.7 Å². The molecule has 0 spiro atoms. The van der Waals surface area contributed by atoms with Crippen molar-refractivity contribution < 1.29 is 19.1 Å². The molecule has 1 atom stereocenters. The Labute approximate surface area is 184 Å². The lowest BCUT2D eigenvalue weighted by Crippen LogP contribution is -2.53. The number of hydrogen-bond donors (Lipinski definition) is 1. The maximum Gasteiger partial charge on any atom is 0.265 e. The number of anilines is 2. The number of carbonyl (C=O) groups excluding carboxylic acids is 2. The Morgan fingerprint density at radius 2 is 1.93 bits per heavy atom. The summed E-state index contributed by atoms with van der Waals surface area (Å²) in [6, 6.07) is 13.3. The third kappa shape index (κ3) is 4.60. The van der Waals surface area contributed by atoms with Gasteiger partial charge in [-0.2, -0.15) is 0 Å². The predicted octanol–water partition coefficient (Wildman–Crippen LogP) is 2.82. The first-order chi connectivity index (χ1) is 14.5. The average molecular weight is 474 g/mol. The van der Waals surface area contributed by atoms with E-state index in [1.807, 2.05) is 54.3 Å². The van der Waals surface area contributed by atoms with Gasteiger partial charge in [-0.3, -0.25) is 9.59 Å². The number of halogens is 1. The topological polar surface area (TPSA) is 71.1 Å². The van der Waals surface area contributed by atoms with Crippen LogP contribution in [0.15, 0.2) is 46.9 Å². The number of fused-ring (bicyclic) bond motifs is 1. The highest BCUT2D eigenvalue weighted by atomic mass is 79.9. The maximum atomic E-state index is 13.0. The van der Waals surface area contributed by atoms with Crippen molar-refractivity contribution in [3.63, 3.8) is 0 Å². The normalized spacial score (nSPS) is 18.4. The highest BCUT2D eigenvalue weighted by Gasteiger charge is 2.34. The van der Waals surface area contributed by atoms with Crippen LogP contribution in [0.2, 0.25) is 0 Å². The second kappa shape index (κ2) is 9.06. The van der Waals surface area contributed by atoms with E-state index in [2.05, 4.69) is 21.2 Å². The van der Waals surface area contributed by atoms with Crippen molar-refractivity contribution in [3.8, 4) is 5.75 Å². The van der Waals surface area contributed by atoms with Crippen LogP contribution in [-0.2, 0) is 14.3 Å². The van der Waals surface area contributed by atoms with Crippen LogP contribution in [0.1, 0.15) is 5.56 Å². The molecule has 0 radical (unpaired) electrons. The molecule has 1 N–H and O–H groups in total. The van der Waals surface area contributed by atoms with Crippen LogP contribution in [-0.4, -0.2) is 62.2 Å². The molecule has 4 rings (SSSR count).